The van der Waals surface area contributed by atoms with Crippen LogP contribution in [0.2, 0.25) is 0 Å². The zero-order valence-electron chi connectivity index (χ0n) is 7.99. The Labute approximate surface area is 99.3 Å². The molecule has 4 N–H and O–H groups in total. The Hall–Kier alpha value is -1.89. The van der Waals surface area contributed by atoms with Crippen molar-refractivity contribution in [3.63, 3.8) is 0 Å². The van der Waals surface area contributed by atoms with Gasteiger partial charge in [0.15, 0.2) is 0 Å². The van der Waals surface area contributed by atoms with Crippen molar-refractivity contribution >= 4 is 33.7 Å². The van der Waals surface area contributed by atoms with E-state index in [1.54, 1.807) is 24.3 Å². The molecule has 0 aromatic heterocycles. The summed E-state index contributed by atoms with van der Waals surface area (Å²) in [5, 5.41) is 0. The van der Waals surface area contributed by atoms with Gasteiger partial charge in [-0.05, 0) is 18.2 Å². The molecule has 0 spiro atoms. The zero-order chi connectivity index (χ0) is 12.1. The van der Waals surface area contributed by atoms with E-state index in [2.05, 4.69) is 21.7 Å². The minimum Gasteiger partial charge on any atom is -0.361 e. The molecular weight excluding hydrogens is 278 g/mol. The first-order valence-corrected chi connectivity index (χ1v) is 4.95. The molecule has 1 aromatic carbocycles. The second-order valence-corrected chi connectivity index (χ2v) is 3.70. The molecule has 1 aromatic rings. The van der Waals surface area contributed by atoms with Crippen molar-refractivity contribution in [1.82, 2.24) is 10.9 Å². The van der Waals surface area contributed by atoms with Crippen molar-refractivity contribution in [2.75, 3.05) is 0 Å². The lowest BCUT2D eigenvalue weighted by Gasteiger charge is -2.05. The van der Waals surface area contributed by atoms with Gasteiger partial charge in [0.25, 0.3) is 5.91 Å². The largest absolute Gasteiger partial charge is 0.361 e. The fourth-order valence-electron chi connectivity index (χ4n) is 0.877. The first-order valence-electron chi connectivity index (χ1n) is 4.16. The van der Waals surface area contributed by atoms with Gasteiger partial charge in [0, 0.05) is 10.0 Å². The van der Waals surface area contributed by atoms with Crippen LogP contribution in [0.15, 0.2) is 28.7 Å². The first kappa shape index (κ1) is 12.2. The van der Waals surface area contributed by atoms with Gasteiger partial charge in [-0.15, -0.1) is 0 Å². The first-order chi connectivity index (χ1) is 7.50. The minimum atomic E-state index is -1.17. The highest BCUT2D eigenvalue weighted by Crippen LogP contribution is 2.10. The Kier molecular flexibility index (Phi) is 4.01. The smallest absolute Gasteiger partial charge is 0.327 e. The fraction of sp³-hybridized carbons (Fsp3) is 0. The van der Waals surface area contributed by atoms with Crippen LogP contribution in [-0.4, -0.2) is 17.7 Å². The van der Waals surface area contributed by atoms with Crippen LogP contribution < -0.4 is 16.6 Å². The molecule has 0 bridgehead atoms. The van der Waals surface area contributed by atoms with Crippen LogP contribution >= 0.6 is 15.9 Å². The molecule has 6 nitrogen and oxygen atoms in total. The van der Waals surface area contributed by atoms with Crippen LogP contribution in [0, 0.1) is 0 Å². The van der Waals surface area contributed by atoms with Crippen LogP contribution in [0.3, 0.4) is 0 Å². The summed E-state index contributed by atoms with van der Waals surface area (Å²) in [5.74, 6) is -2.80. The monoisotopic (exact) mass is 285 g/mol. The van der Waals surface area contributed by atoms with E-state index in [4.69, 9.17) is 0 Å². The van der Waals surface area contributed by atoms with E-state index < -0.39 is 17.7 Å². The van der Waals surface area contributed by atoms with Gasteiger partial charge in [0.05, 0.1) is 0 Å². The lowest BCUT2D eigenvalue weighted by molar-refractivity contribution is -0.137. The molecule has 0 saturated carbocycles. The Morgan fingerprint density at radius 2 is 1.88 bits per heavy atom. The fourth-order valence-corrected chi connectivity index (χ4v) is 1.28. The molecule has 0 radical (unpaired) electrons. The number of halogens is 1. The molecule has 3 amide bonds. The van der Waals surface area contributed by atoms with Crippen LogP contribution in [-0.2, 0) is 9.59 Å². The van der Waals surface area contributed by atoms with Crippen molar-refractivity contribution in [3.8, 4) is 0 Å². The Bertz CT molecular complexity index is 447. The average Bonchev–Trinajstić information content (AvgIpc) is 2.25. The van der Waals surface area contributed by atoms with Crippen molar-refractivity contribution < 1.29 is 14.4 Å². The van der Waals surface area contributed by atoms with Crippen LogP contribution in [0.5, 0.6) is 0 Å². The third kappa shape index (κ3) is 3.35. The van der Waals surface area contributed by atoms with Gasteiger partial charge in [-0.3, -0.25) is 25.2 Å². The van der Waals surface area contributed by atoms with Gasteiger partial charge in [-0.2, -0.15) is 0 Å². The molecule has 0 aliphatic heterocycles. The number of carbonyl (C=O) groups excluding carboxylic acids is 3. The summed E-state index contributed by atoms with van der Waals surface area (Å²) in [7, 11) is 0. The van der Waals surface area contributed by atoms with E-state index >= 15 is 0 Å². The maximum atomic E-state index is 11.4. The molecule has 0 aliphatic carbocycles. The maximum Gasteiger partial charge on any atom is 0.327 e. The number of hydrazine groups is 1. The molecule has 84 valence electrons. The number of hydrogen-bond acceptors (Lipinski definition) is 3. The van der Waals surface area contributed by atoms with E-state index in [9.17, 15) is 14.4 Å². The predicted octanol–water partition coefficient (Wildman–Crippen LogP) is -0.305. The number of rotatable bonds is 1. The van der Waals surface area contributed by atoms with Crippen LogP contribution in [0.25, 0.3) is 0 Å². The van der Waals surface area contributed by atoms with Crippen LogP contribution in [0.1, 0.15) is 10.4 Å². The van der Waals surface area contributed by atoms with Crippen molar-refractivity contribution in [2.45, 2.75) is 0 Å². The second kappa shape index (κ2) is 5.26. The molecule has 7 heteroatoms. The van der Waals surface area contributed by atoms with Gasteiger partial charge in [0.1, 0.15) is 0 Å². The third-order valence-corrected chi connectivity index (χ3v) is 2.09. The summed E-state index contributed by atoms with van der Waals surface area (Å²) >= 11 is 3.19. The van der Waals surface area contributed by atoms with E-state index in [0.29, 0.717) is 5.56 Å². The molecule has 0 atom stereocenters. The molecule has 0 fully saturated rings. The zero-order valence-corrected chi connectivity index (χ0v) is 9.58. The van der Waals surface area contributed by atoms with E-state index in [0.717, 1.165) is 4.47 Å². The van der Waals surface area contributed by atoms with E-state index in [1.807, 2.05) is 10.9 Å². The molecule has 16 heavy (non-hydrogen) atoms. The molecule has 1 rings (SSSR count). The number of carbonyl (C=O) groups is 3. The molecule has 0 aliphatic rings. The number of amides is 3. The summed E-state index contributed by atoms with van der Waals surface area (Å²) in [6.45, 7) is 0. The summed E-state index contributed by atoms with van der Waals surface area (Å²) < 4.78 is 0.723. The summed E-state index contributed by atoms with van der Waals surface area (Å²) in [4.78, 5) is 32.5. The highest BCUT2D eigenvalue weighted by Gasteiger charge is 2.10. The van der Waals surface area contributed by atoms with E-state index in [1.165, 1.54) is 0 Å². The Morgan fingerprint density at radius 3 is 2.44 bits per heavy atom. The Morgan fingerprint density at radius 1 is 1.19 bits per heavy atom. The van der Waals surface area contributed by atoms with Gasteiger partial charge >= 0.3 is 11.8 Å². The highest BCUT2D eigenvalue weighted by atomic mass is 79.9. The van der Waals surface area contributed by atoms with Crippen molar-refractivity contribution in [3.05, 3.63) is 34.3 Å². The topological polar surface area (TPSA) is 101 Å². The Balaban J connectivity index is 2.60. The summed E-state index contributed by atoms with van der Waals surface area (Å²) in [6.07, 6.45) is 0. The number of benzene rings is 1. The number of primary amides is 1. The summed E-state index contributed by atoms with van der Waals surface area (Å²) in [5.41, 5.74) is 8.93. The van der Waals surface area contributed by atoms with Crippen molar-refractivity contribution in [1.29, 1.82) is 0 Å². The number of hydrogen-bond donors (Lipinski definition) is 3. The summed E-state index contributed by atoms with van der Waals surface area (Å²) in [6, 6.07) is 6.52. The van der Waals surface area contributed by atoms with Gasteiger partial charge < -0.3 is 5.73 Å². The SMILES string of the molecule is NC(=O)C(=O)NNC(=O)c1cccc(Br)c1. The molecule has 0 heterocycles. The lowest BCUT2D eigenvalue weighted by Crippen LogP contribution is -2.47. The average molecular weight is 286 g/mol. The molecular formula is C9H8BrN3O3. The predicted molar refractivity (Wildman–Crippen MR) is 58.9 cm³/mol. The van der Waals surface area contributed by atoms with Gasteiger partial charge in [-0.1, -0.05) is 22.0 Å². The third-order valence-electron chi connectivity index (χ3n) is 1.60. The molecule has 0 unspecified atom stereocenters. The lowest BCUT2D eigenvalue weighted by atomic mass is 10.2. The molecule has 0 saturated heterocycles. The second-order valence-electron chi connectivity index (χ2n) is 2.78. The standard InChI is InChI=1S/C9H8BrN3O3/c10-6-3-1-2-5(4-6)8(15)12-13-9(16)7(11)14/h1-4H,(H2,11,14)(H,12,15)(H,13,16). The maximum absolute atomic E-state index is 11.4. The highest BCUT2D eigenvalue weighted by molar-refractivity contribution is 9.10. The van der Waals surface area contributed by atoms with Crippen LogP contribution in [0.4, 0.5) is 0 Å². The van der Waals surface area contributed by atoms with Gasteiger partial charge in [0.2, 0.25) is 0 Å². The number of nitrogens with two attached hydrogens (primary N) is 1. The van der Waals surface area contributed by atoms with Crippen molar-refractivity contribution in [2.24, 2.45) is 5.73 Å². The quantitative estimate of drug-likeness (QED) is 0.487. The van der Waals surface area contributed by atoms with Gasteiger partial charge in [-0.25, -0.2) is 0 Å². The minimum absolute atomic E-state index is 0.333. The van der Waals surface area contributed by atoms with E-state index in [-0.39, 0.29) is 0 Å². The number of nitrogens with one attached hydrogen (secondary N) is 2. The normalized spacial score (nSPS) is 9.31.